The van der Waals surface area contributed by atoms with E-state index in [0.717, 1.165) is 32.5 Å². The van der Waals surface area contributed by atoms with Gasteiger partial charge in [-0.3, -0.25) is 9.69 Å². The molecular formula is C16H31N3O3. The number of amides is 2. The van der Waals surface area contributed by atoms with Gasteiger partial charge in [0.2, 0.25) is 5.91 Å². The van der Waals surface area contributed by atoms with E-state index in [4.69, 9.17) is 10.5 Å². The second-order valence-corrected chi connectivity index (χ2v) is 7.40. The molecule has 2 N–H and O–H groups in total. The molecule has 1 aliphatic rings. The summed E-state index contributed by atoms with van der Waals surface area (Å²) in [4.78, 5) is 27.0. The second kappa shape index (κ2) is 7.81. The van der Waals surface area contributed by atoms with Crippen LogP contribution < -0.4 is 5.73 Å². The fourth-order valence-corrected chi connectivity index (χ4v) is 2.63. The van der Waals surface area contributed by atoms with Crippen LogP contribution in [0.15, 0.2) is 0 Å². The molecule has 2 amide bonds. The van der Waals surface area contributed by atoms with Crippen molar-refractivity contribution in [2.45, 2.75) is 59.1 Å². The van der Waals surface area contributed by atoms with E-state index in [1.807, 2.05) is 20.8 Å². The number of hydrogen-bond donors (Lipinski definition) is 1. The number of nitrogens with zero attached hydrogens (tertiary/aromatic N) is 2. The molecule has 0 aromatic heterocycles. The zero-order chi connectivity index (χ0) is 16.9. The minimum atomic E-state index is -0.453. The van der Waals surface area contributed by atoms with Gasteiger partial charge in [0, 0.05) is 19.1 Å². The number of carbonyl (C=O) groups is 2. The van der Waals surface area contributed by atoms with Gasteiger partial charge in [0.25, 0.3) is 0 Å². The van der Waals surface area contributed by atoms with Crippen LogP contribution in [0.3, 0.4) is 0 Å². The fourth-order valence-electron chi connectivity index (χ4n) is 2.63. The Hall–Kier alpha value is -1.30. The van der Waals surface area contributed by atoms with E-state index in [2.05, 4.69) is 18.7 Å². The molecule has 1 fully saturated rings. The Morgan fingerprint density at radius 3 is 2.50 bits per heavy atom. The first-order valence-corrected chi connectivity index (χ1v) is 8.08. The zero-order valence-electron chi connectivity index (χ0n) is 14.6. The number of rotatable bonds is 6. The van der Waals surface area contributed by atoms with E-state index in [9.17, 15) is 9.59 Å². The summed E-state index contributed by atoms with van der Waals surface area (Å²) < 4.78 is 5.40. The van der Waals surface area contributed by atoms with Crippen molar-refractivity contribution in [3.8, 4) is 0 Å². The third-order valence-electron chi connectivity index (χ3n) is 3.85. The maximum Gasteiger partial charge on any atom is 0.410 e. The quantitative estimate of drug-likeness (QED) is 0.811. The lowest BCUT2D eigenvalue weighted by atomic mass is 10.0. The smallest absolute Gasteiger partial charge is 0.410 e. The van der Waals surface area contributed by atoms with Crippen molar-refractivity contribution in [1.82, 2.24) is 9.80 Å². The molecule has 0 radical (unpaired) electrons. The fraction of sp³-hybridized carbons (Fsp3) is 0.875. The van der Waals surface area contributed by atoms with Crippen molar-refractivity contribution in [1.29, 1.82) is 0 Å². The van der Waals surface area contributed by atoms with Gasteiger partial charge in [-0.2, -0.15) is 0 Å². The summed E-state index contributed by atoms with van der Waals surface area (Å²) in [5.74, 6) is 0.164. The summed E-state index contributed by atoms with van der Waals surface area (Å²) >= 11 is 0. The number of carbonyl (C=O) groups excluding carboxylic acids is 2. The monoisotopic (exact) mass is 313 g/mol. The van der Waals surface area contributed by atoms with Crippen molar-refractivity contribution in [2.24, 2.45) is 11.7 Å². The molecule has 0 aliphatic carbocycles. The molecule has 1 aliphatic heterocycles. The SMILES string of the molecule is CC(C)N(CCC1CCN(C(=O)OC(C)(C)C)C1)CC(N)=O. The van der Waals surface area contributed by atoms with Crippen LogP contribution in [0.2, 0.25) is 0 Å². The van der Waals surface area contributed by atoms with Gasteiger partial charge in [-0.15, -0.1) is 0 Å². The molecule has 1 saturated heterocycles. The molecule has 1 unspecified atom stereocenters. The minimum absolute atomic E-state index is 0.229. The molecule has 128 valence electrons. The molecule has 0 bridgehead atoms. The number of hydrogen-bond acceptors (Lipinski definition) is 4. The van der Waals surface area contributed by atoms with Crippen LogP contribution in [0.5, 0.6) is 0 Å². The summed E-state index contributed by atoms with van der Waals surface area (Å²) in [6.45, 7) is 12.4. The average Bonchev–Trinajstić information content (AvgIpc) is 2.80. The van der Waals surface area contributed by atoms with Gasteiger partial charge in [0.1, 0.15) is 5.60 Å². The van der Waals surface area contributed by atoms with Gasteiger partial charge < -0.3 is 15.4 Å². The van der Waals surface area contributed by atoms with Gasteiger partial charge in [0.15, 0.2) is 0 Å². The molecule has 6 heteroatoms. The van der Waals surface area contributed by atoms with Gasteiger partial charge in [0.05, 0.1) is 6.54 Å². The molecule has 1 heterocycles. The Kier molecular flexibility index (Phi) is 6.66. The van der Waals surface area contributed by atoms with Crippen LogP contribution >= 0.6 is 0 Å². The highest BCUT2D eigenvalue weighted by Crippen LogP contribution is 2.22. The third-order valence-corrected chi connectivity index (χ3v) is 3.85. The maximum atomic E-state index is 12.0. The lowest BCUT2D eigenvalue weighted by Crippen LogP contribution is -2.40. The Morgan fingerprint density at radius 1 is 1.36 bits per heavy atom. The zero-order valence-corrected chi connectivity index (χ0v) is 14.6. The van der Waals surface area contributed by atoms with Crippen LogP contribution in [-0.4, -0.2) is 59.6 Å². The molecule has 0 saturated carbocycles. The second-order valence-electron chi connectivity index (χ2n) is 7.40. The first-order valence-electron chi connectivity index (χ1n) is 8.08. The predicted molar refractivity (Wildman–Crippen MR) is 86.4 cm³/mol. The van der Waals surface area contributed by atoms with Gasteiger partial charge in [-0.1, -0.05) is 0 Å². The van der Waals surface area contributed by atoms with Crippen LogP contribution in [-0.2, 0) is 9.53 Å². The van der Waals surface area contributed by atoms with E-state index < -0.39 is 5.60 Å². The highest BCUT2D eigenvalue weighted by Gasteiger charge is 2.30. The first kappa shape index (κ1) is 18.7. The van der Waals surface area contributed by atoms with E-state index >= 15 is 0 Å². The molecule has 6 nitrogen and oxygen atoms in total. The maximum absolute atomic E-state index is 12.0. The van der Waals surface area contributed by atoms with Crippen LogP contribution in [0.25, 0.3) is 0 Å². The highest BCUT2D eigenvalue weighted by atomic mass is 16.6. The summed E-state index contributed by atoms with van der Waals surface area (Å²) in [7, 11) is 0. The Morgan fingerprint density at radius 2 is 2.00 bits per heavy atom. The van der Waals surface area contributed by atoms with Crippen LogP contribution in [0.4, 0.5) is 4.79 Å². The standard InChI is InChI=1S/C16H31N3O3/c1-12(2)18(11-14(17)20)8-6-13-7-9-19(10-13)15(21)22-16(3,4)5/h12-13H,6-11H2,1-5H3,(H2,17,20). The van der Waals surface area contributed by atoms with E-state index in [-0.39, 0.29) is 18.0 Å². The molecule has 0 aromatic carbocycles. The van der Waals surface area contributed by atoms with Crippen molar-refractivity contribution in [3.63, 3.8) is 0 Å². The van der Waals surface area contributed by atoms with Crippen molar-refractivity contribution < 1.29 is 14.3 Å². The van der Waals surface area contributed by atoms with Crippen LogP contribution in [0.1, 0.15) is 47.5 Å². The molecular weight excluding hydrogens is 282 g/mol. The first-order chi connectivity index (χ1) is 10.1. The molecule has 1 atom stereocenters. The number of likely N-dealkylation sites (tertiary alicyclic amines) is 1. The topological polar surface area (TPSA) is 75.9 Å². The van der Waals surface area contributed by atoms with E-state index in [1.54, 1.807) is 4.90 Å². The Bertz CT molecular complexity index is 391. The van der Waals surface area contributed by atoms with E-state index in [1.165, 1.54) is 0 Å². The Labute approximate surface area is 134 Å². The minimum Gasteiger partial charge on any atom is -0.444 e. The van der Waals surface area contributed by atoms with E-state index in [0.29, 0.717) is 12.5 Å². The largest absolute Gasteiger partial charge is 0.444 e. The summed E-state index contributed by atoms with van der Waals surface area (Å²) in [5, 5.41) is 0. The van der Waals surface area contributed by atoms with Crippen LogP contribution in [0, 0.1) is 5.92 Å². The third kappa shape index (κ3) is 6.64. The molecule has 22 heavy (non-hydrogen) atoms. The summed E-state index contributed by atoms with van der Waals surface area (Å²) in [6, 6.07) is 0.288. The number of ether oxygens (including phenoxy) is 1. The summed E-state index contributed by atoms with van der Waals surface area (Å²) in [5.41, 5.74) is 4.83. The predicted octanol–water partition coefficient (Wildman–Crippen LogP) is 1.83. The number of nitrogens with two attached hydrogens (primary N) is 1. The molecule has 0 aromatic rings. The molecule has 1 rings (SSSR count). The van der Waals surface area contributed by atoms with Gasteiger partial charge in [-0.05, 0) is 59.9 Å². The van der Waals surface area contributed by atoms with Gasteiger partial charge >= 0.3 is 6.09 Å². The van der Waals surface area contributed by atoms with Crippen molar-refractivity contribution >= 4 is 12.0 Å². The highest BCUT2D eigenvalue weighted by molar-refractivity contribution is 5.75. The normalized spacial score (nSPS) is 19.0. The summed E-state index contributed by atoms with van der Waals surface area (Å²) in [6.07, 6.45) is 1.72. The molecule has 0 spiro atoms. The Balaban J connectivity index is 2.40. The lowest BCUT2D eigenvalue weighted by Gasteiger charge is -2.26. The van der Waals surface area contributed by atoms with Crippen molar-refractivity contribution in [2.75, 3.05) is 26.2 Å². The average molecular weight is 313 g/mol. The number of primary amides is 1. The van der Waals surface area contributed by atoms with Gasteiger partial charge in [-0.25, -0.2) is 4.79 Å². The van der Waals surface area contributed by atoms with Crippen molar-refractivity contribution in [3.05, 3.63) is 0 Å². The lowest BCUT2D eigenvalue weighted by molar-refractivity contribution is -0.119.